The van der Waals surface area contributed by atoms with Crippen LogP contribution >= 0.6 is 11.6 Å². The zero-order valence-electron chi connectivity index (χ0n) is 22.0. The molecule has 1 aromatic carbocycles. The van der Waals surface area contributed by atoms with Gasteiger partial charge in [-0.1, -0.05) is 11.6 Å². The summed E-state index contributed by atoms with van der Waals surface area (Å²) in [5.74, 6) is 0.124. The number of fused-ring (bicyclic) bond motifs is 1. The molecule has 1 atom stereocenters. The fourth-order valence-corrected chi connectivity index (χ4v) is 4.54. The van der Waals surface area contributed by atoms with E-state index in [4.69, 9.17) is 16.3 Å². The number of likely N-dealkylation sites (N-methyl/N-ethyl adjacent to an activating group) is 2. The summed E-state index contributed by atoms with van der Waals surface area (Å²) in [5.41, 5.74) is 1.43. The van der Waals surface area contributed by atoms with E-state index in [1.165, 1.54) is 4.90 Å². The molecule has 1 aliphatic heterocycles. The van der Waals surface area contributed by atoms with Gasteiger partial charge in [0.2, 0.25) is 11.8 Å². The number of aryl methyl sites for hydroxylation is 1. The van der Waals surface area contributed by atoms with Gasteiger partial charge >= 0.3 is 0 Å². The van der Waals surface area contributed by atoms with Gasteiger partial charge in [-0.3, -0.25) is 19.5 Å². The maximum Gasteiger partial charge on any atom is 0.258 e. The van der Waals surface area contributed by atoms with Crippen LogP contribution in [0.25, 0.3) is 0 Å². The van der Waals surface area contributed by atoms with Crippen LogP contribution in [0.4, 0.5) is 0 Å². The van der Waals surface area contributed by atoms with Crippen LogP contribution in [0, 0.1) is 0 Å². The molecule has 0 saturated heterocycles. The number of carbonyl (C=O) groups excluding carboxylic acids is 3. The molecule has 1 aliphatic rings. The van der Waals surface area contributed by atoms with Crippen molar-refractivity contribution in [2.24, 2.45) is 0 Å². The molecular formula is C27H38ClN5O4. The summed E-state index contributed by atoms with van der Waals surface area (Å²) < 4.78 is 5.96. The second-order valence-electron chi connectivity index (χ2n) is 9.60. The summed E-state index contributed by atoms with van der Waals surface area (Å²) in [7, 11) is 3.37. The molecular weight excluding hydrogens is 494 g/mol. The van der Waals surface area contributed by atoms with Gasteiger partial charge in [-0.15, -0.1) is 0 Å². The van der Waals surface area contributed by atoms with Gasteiger partial charge in [-0.2, -0.15) is 5.10 Å². The Balaban J connectivity index is 1.69. The Kier molecular flexibility index (Phi) is 10.8. The molecule has 0 fully saturated rings. The number of aromatic amines is 1. The molecule has 3 amide bonds. The van der Waals surface area contributed by atoms with Gasteiger partial charge in [0.05, 0.1) is 18.4 Å². The van der Waals surface area contributed by atoms with Crippen molar-refractivity contribution >= 4 is 29.3 Å². The maximum atomic E-state index is 13.2. The minimum absolute atomic E-state index is 0.142. The van der Waals surface area contributed by atoms with E-state index in [-0.39, 0.29) is 17.7 Å². The van der Waals surface area contributed by atoms with Crippen molar-refractivity contribution in [3.63, 3.8) is 0 Å². The van der Waals surface area contributed by atoms with Gasteiger partial charge < -0.3 is 19.4 Å². The summed E-state index contributed by atoms with van der Waals surface area (Å²) in [6.45, 7) is 3.99. The van der Waals surface area contributed by atoms with Crippen LogP contribution in [-0.2, 0) is 16.0 Å². The smallest absolute Gasteiger partial charge is 0.258 e. The van der Waals surface area contributed by atoms with E-state index in [2.05, 4.69) is 10.2 Å². The van der Waals surface area contributed by atoms with E-state index in [0.717, 1.165) is 44.1 Å². The van der Waals surface area contributed by atoms with Crippen LogP contribution < -0.4 is 4.74 Å². The zero-order valence-corrected chi connectivity index (χ0v) is 22.8. The first kappa shape index (κ1) is 28.5. The van der Waals surface area contributed by atoms with Crippen LogP contribution in [0.1, 0.15) is 61.4 Å². The van der Waals surface area contributed by atoms with Crippen LogP contribution in [0.3, 0.4) is 0 Å². The van der Waals surface area contributed by atoms with E-state index < -0.39 is 6.04 Å². The number of hydrogen-bond donors (Lipinski definition) is 1. The number of rotatable bonds is 4. The standard InChI is InChI=1S/C27H38ClN5O4/c1-20-26(35)31(2)13-4-5-14-33(25(34)10-8-9-21-18-29-30-19-21)15-6-7-16-37-24-12-11-22(28)17-23(24)27(36)32(20)3/h11-12,17-20H,4-10,13-16H2,1-3H3,(H,29,30)/t20-/m0/s1. The third-order valence-electron chi connectivity index (χ3n) is 6.82. The van der Waals surface area contributed by atoms with Crippen molar-refractivity contribution in [2.45, 2.75) is 57.9 Å². The molecule has 1 aromatic heterocycles. The molecule has 37 heavy (non-hydrogen) atoms. The lowest BCUT2D eigenvalue weighted by atomic mass is 10.1. The highest BCUT2D eigenvalue weighted by Gasteiger charge is 2.28. The predicted molar refractivity (Wildman–Crippen MR) is 143 cm³/mol. The number of H-pyrrole nitrogens is 1. The molecule has 0 unspecified atom stereocenters. The van der Waals surface area contributed by atoms with Crippen molar-refractivity contribution in [3.05, 3.63) is 46.7 Å². The number of carbonyl (C=O) groups is 3. The van der Waals surface area contributed by atoms with Crippen LogP contribution in [0.15, 0.2) is 30.6 Å². The number of hydrogen-bond acceptors (Lipinski definition) is 5. The Hall–Kier alpha value is -3.07. The van der Waals surface area contributed by atoms with E-state index >= 15 is 0 Å². The summed E-state index contributed by atoms with van der Waals surface area (Å²) in [6, 6.07) is 4.30. The number of amides is 3. The highest BCUT2D eigenvalue weighted by molar-refractivity contribution is 6.31. The van der Waals surface area contributed by atoms with Gasteiger partial charge in [0.25, 0.3) is 5.91 Å². The zero-order chi connectivity index (χ0) is 26.8. The van der Waals surface area contributed by atoms with E-state index in [1.54, 1.807) is 50.3 Å². The molecule has 0 aliphatic carbocycles. The van der Waals surface area contributed by atoms with E-state index in [0.29, 0.717) is 49.0 Å². The molecule has 9 nitrogen and oxygen atoms in total. The lowest BCUT2D eigenvalue weighted by Crippen LogP contribution is -2.47. The Morgan fingerprint density at radius 1 is 1.14 bits per heavy atom. The molecule has 0 spiro atoms. The second-order valence-corrected chi connectivity index (χ2v) is 10.0. The summed E-state index contributed by atoms with van der Waals surface area (Å²) in [4.78, 5) is 44.3. The first-order chi connectivity index (χ1) is 17.8. The average molecular weight is 532 g/mol. The minimum atomic E-state index is -0.645. The summed E-state index contributed by atoms with van der Waals surface area (Å²) in [5, 5.41) is 7.18. The predicted octanol–water partition coefficient (Wildman–Crippen LogP) is 3.79. The summed E-state index contributed by atoms with van der Waals surface area (Å²) in [6.07, 6.45) is 8.81. The first-order valence-electron chi connectivity index (χ1n) is 13.0. The molecule has 202 valence electrons. The van der Waals surface area contributed by atoms with Crippen LogP contribution in [0.5, 0.6) is 5.75 Å². The lowest BCUT2D eigenvalue weighted by Gasteiger charge is -2.29. The fraction of sp³-hybridized carbons (Fsp3) is 0.556. The number of nitrogens with one attached hydrogen (secondary N) is 1. The number of aromatic nitrogens is 2. The number of nitrogens with zero attached hydrogens (tertiary/aromatic N) is 4. The Labute approximate surface area is 224 Å². The van der Waals surface area contributed by atoms with Gasteiger partial charge in [-0.05, 0) is 69.2 Å². The highest BCUT2D eigenvalue weighted by atomic mass is 35.5. The van der Waals surface area contributed by atoms with E-state index in [9.17, 15) is 14.4 Å². The Morgan fingerprint density at radius 2 is 1.86 bits per heavy atom. The third kappa shape index (κ3) is 8.21. The molecule has 0 bridgehead atoms. The minimum Gasteiger partial charge on any atom is -0.493 e. The molecule has 3 rings (SSSR count). The molecule has 10 heteroatoms. The van der Waals surface area contributed by atoms with Crippen LogP contribution in [-0.4, -0.2) is 89.0 Å². The lowest BCUT2D eigenvalue weighted by molar-refractivity contribution is -0.134. The van der Waals surface area contributed by atoms with Crippen molar-refractivity contribution < 1.29 is 19.1 Å². The molecule has 2 heterocycles. The van der Waals surface area contributed by atoms with Gasteiger partial charge in [-0.25, -0.2) is 0 Å². The fourth-order valence-electron chi connectivity index (χ4n) is 4.37. The van der Waals surface area contributed by atoms with Crippen molar-refractivity contribution in [1.82, 2.24) is 24.9 Å². The monoisotopic (exact) mass is 531 g/mol. The number of ether oxygens (including phenoxy) is 1. The van der Waals surface area contributed by atoms with Gasteiger partial charge in [0.1, 0.15) is 11.8 Å². The second kappa shape index (κ2) is 14.0. The maximum absolute atomic E-state index is 13.2. The number of benzene rings is 1. The van der Waals surface area contributed by atoms with E-state index in [1.807, 2.05) is 11.1 Å². The largest absolute Gasteiger partial charge is 0.493 e. The third-order valence-corrected chi connectivity index (χ3v) is 7.06. The number of halogens is 1. The Morgan fingerprint density at radius 3 is 2.59 bits per heavy atom. The quantitative estimate of drug-likeness (QED) is 0.647. The van der Waals surface area contributed by atoms with Crippen molar-refractivity contribution in [3.8, 4) is 5.75 Å². The van der Waals surface area contributed by atoms with Crippen LogP contribution in [0.2, 0.25) is 5.02 Å². The summed E-state index contributed by atoms with van der Waals surface area (Å²) >= 11 is 6.18. The average Bonchev–Trinajstić information content (AvgIpc) is 3.41. The SMILES string of the molecule is C[C@H]1C(=O)N(C)CCCCN(C(=O)CCCc2cn[nH]c2)CCCCOc2ccc(Cl)cc2C(=O)N1C. The molecule has 0 radical (unpaired) electrons. The normalized spacial score (nSPS) is 18.8. The highest BCUT2D eigenvalue weighted by Crippen LogP contribution is 2.25. The molecule has 1 N–H and O–H groups in total. The van der Waals surface area contributed by atoms with Crippen molar-refractivity contribution in [1.29, 1.82) is 0 Å². The molecule has 2 aromatic rings. The van der Waals surface area contributed by atoms with Crippen molar-refractivity contribution in [2.75, 3.05) is 40.3 Å². The van der Waals surface area contributed by atoms with Gasteiger partial charge in [0.15, 0.2) is 0 Å². The van der Waals surface area contributed by atoms with Gasteiger partial charge in [0, 0.05) is 51.4 Å². The first-order valence-corrected chi connectivity index (χ1v) is 13.4. The molecule has 0 saturated carbocycles. The topological polar surface area (TPSA) is 98.8 Å². The Bertz CT molecular complexity index is 1050.